The van der Waals surface area contributed by atoms with Gasteiger partial charge >= 0.3 is 0 Å². The van der Waals surface area contributed by atoms with Crippen molar-refractivity contribution >= 4 is 17.6 Å². The number of phenols is 1. The van der Waals surface area contributed by atoms with Gasteiger partial charge in [-0.2, -0.15) is 5.10 Å². The van der Waals surface area contributed by atoms with Crippen LogP contribution in [0.1, 0.15) is 11.1 Å². The summed E-state index contributed by atoms with van der Waals surface area (Å²) in [5.41, 5.74) is 0.983. The second-order valence-corrected chi connectivity index (χ2v) is 5.77. The summed E-state index contributed by atoms with van der Waals surface area (Å²) in [6, 6.07) is 15.4. The molecule has 0 saturated heterocycles. The van der Waals surface area contributed by atoms with E-state index in [0.717, 1.165) is 0 Å². The van der Waals surface area contributed by atoms with E-state index in [2.05, 4.69) is 10.1 Å². The first-order valence-corrected chi connectivity index (χ1v) is 7.83. The molecule has 128 valence electrons. The largest absolute Gasteiger partial charge is 0.508 e. The predicted molar refractivity (Wildman–Crippen MR) is 96.9 cm³/mol. The van der Waals surface area contributed by atoms with E-state index in [1.807, 2.05) is 18.2 Å². The minimum Gasteiger partial charge on any atom is -0.508 e. The van der Waals surface area contributed by atoms with Gasteiger partial charge in [-0.15, -0.1) is 0 Å². The number of aromatic amines is 1. The molecule has 0 fully saturated rings. The smallest absolute Gasteiger partial charge is 0.260 e. The van der Waals surface area contributed by atoms with Crippen LogP contribution in [-0.4, -0.2) is 21.0 Å². The van der Waals surface area contributed by atoms with Crippen molar-refractivity contribution in [1.82, 2.24) is 4.98 Å². The Balaban J connectivity index is 1.98. The Hall–Kier alpha value is -3.87. The van der Waals surface area contributed by atoms with Crippen LogP contribution in [0.3, 0.4) is 0 Å². The SMILES string of the molecule is N=C1c2c(O)[nH]c(=O)/c(=C/c3ccc(O)cc3)c2=NN1c1ccccc1. The lowest BCUT2D eigenvalue weighted by atomic mass is 10.1. The molecule has 0 bridgehead atoms. The van der Waals surface area contributed by atoms with Gasteiger partial charge in [-0.25, -0.2) is 5.01 Å². The molecule has 7 heteroatoms. The van der Waals surface area contributed by atoms with Gasteiger partial charge in [0.05, 0.1) is 10.9 Å². The number of fused-ring (bicyclic) bond motifs is 1. The molecule has 0 amide bonds. The number of nitrogens with one attached hydrogen (secondary N) is 2. The Bertz CT molecular complexity index is 1180. The summed E-state index contributed by atoms with van der Waals surface area (Å²) in [6.07, 6.45) is 1.60. The normalized spacial score (nSPS) is 13.6. The number of nitrogens with zero attached hydrogens (tertiary/aromatic N) is 2. The number of aromatic nitrogens is 1. The van der Waals surface area contributed by atoms with Crippen molar-refractivity contribution in [3.05, 3.63) is 86.7 Å². The minimum absolute atomic E-state index is 0.0275. The Morgan fingerprint density at radius 1 is 1.04 bits per heavy atom. The second kappa shape index (κ2) is 5.89. The lowest BCUT2D eigenvalue weighted by Crippen LogP contribution is -2.42. The zero-order valence-corrected chi connectivity index (χ0v) is 13.5. The van der Waals surface area contributed by atoms with Gasteiger partial charge in [0.2, 0.25) is 5.88 Å². The molecule has 0 saturated carbocycles. The third-order valence-corrected chi connectivity index (χ3v) is 4.06. The molecule has 0 aliphatic carbocycles. The van der Waals surface area contributed by atoms with Gasteiger partial charge in [0.25, 0.3) is 5.56 Å². The molecule has 7 nitrogen and oxygen atoms in total. The highest BCUT2D eigenvalue weighted by atomic mass is 16.3. The maximum Gasteiger partial charge on any atom is 0.260 e. The maximum absolute atomic E-state index is 12.4. The summed E-state index contributed by atoms with van der Waals surface area (Å²) in [4.78, 5) is 14.7. The van der Waals surface area contributed by atoms with Crippen LogP contribution in [0.15, 0.2) is 64.5 Å². The van der Waals surface area contributed by atoms with E-state index in [1.54, 1.807) is 30.3 Å². The summed E-state index contributed by atoms with van der Waals surface area (Å²) in [6.45, 7) is 0. The highest BCUT2D eigenvalue weighted by molar-refractivity contribution is 6.10. The number of hydrogen-bond acceptors (Lipinski definition) is 5. The van der Waals surface area contributed by atoms with E-state index in [4.69, 9.17) is 5.41 Å². The molecule has 0 radical (unpaired) electrons. The summed E-state index contributed by atoms with van der Waals surface area (Å²) >= 11 is 0. The van der Waals surface area contributed by atoms with E-state index >= 15 is 0 Å². The molecule has 26 heavy (non-hydrogen) atoms. The molecule has 0 spiro atoms. The van der Waals surface area contributed by atoms with Crippen LogP contribution in [0.4, 0.5) is 5.69 Å². The van der Waals surface area contributed by atoms with Crippen molar-refractivity contribution in [2.75, 3.05) is 5.01 Å². The number of hydrogen-bond donors (Lipinski definition) is 4. The third-order valence-electron chi connectivity index (χ3n) is 4.06. The van der Waals surface area contributed by atoms with Crippen LogP contribution >= 0.6 is 0 Å². The van der Waals surface area contributed by atoms with E-state index < -0.39 is 5.56 Å². The first-order chi connectivity index (χ1) is 12.5. The average molecular weight is 346 g/mol. The molecule has 1 aromatic heterocycles. The van der Waals surface area contributed by atoms with Crippen molar-refractivity contribution in [1.29, 1.82) is 5.41 Å². The van der Waals surface area contributed by atoms with Crippen LogP contribution in [0, 0.1) is 5.41 Å². The standard InChI is InChI=1S/C19H14N4O3/c20-17-15-16(22-23(17)12-4-2-1-3-5-12)14(18(25)21-19(15)26)10-11-6-8-13(24)9-7-11/h1-10,20,24,26H,(H,21,25)/b14-10+,20-17?. The number of pyridine rings is 1. The van der Waals surface area contributed by atoms with E-state index in [-0.39, 0.29) is 33.6 Å². The first kappa shape index (κ1) is 15.6. The molecule has 3 aromatic rings. The van der Waals surface area contributed by atoms with Gasteiger partial charge in [-0.1, -0.05) is 30.3 Å². The van der Waals surface area contributed by atoms with Gasteiger partial charge in [0.1, 0.15) is 16.7 Å². The maximum atomic E-state index is 12.4. The molecule has 1 aliphatic heterocycles. The number of anilines is 1. The molecule has 2 aromatic carbocycles. The minimum atomic E-state index is -0.513. The van der Waals surface area contributed by atoms with Crippen LogP contribution in [-0.2, 0) is 0 Å². The monoisotopic (exact) mass is 346 g/mol. The summed E-state index contributed by atoms with van der Waals surface area (Å²) in [7, 11) is 0. The van der Waals surface area contributed by atoms with Crippen molar-refractivity contribution in [2.24, 2.45) is 5.10 Å². The lowest BCUT2D eigenvalue weighted by Gasteiger charge is -2.13. The van der Waals surface area contributed by atoms with Gasteiger partial charge in [0.15, 0.2) is 5.84 Å². The van der Waals surface area contributed by atoms with Crippen LogP contribution in [0.2, 0.25) is 0 Å². The Morgan fingerprint density at radius 2 is 1.73 bits per heavy atom. The number of rotatable bonds is 2. The summed E-state index contributed by atoms with van der Waals surface area (Å²) in [5.74, 6) is -0.297. The van der Waals surface area contributed by atoms with Gasteiger partial charge in [-0.3, -0.25) is 15.2 Å². The third kappa shape index (κ3) is 2.51. The van der Waals surface area contributed by atoms with Crippen molar-refractivity contribution < 1.29 is 10.2 Å². The topological polar surface area (TPSA) is 113 Å². The average Bonchev–Trinajstić information content (AvgIpc) is 2.99. The predicted octanol–water partition coefficient (Wildman–Crippen LogP) is 0.995. The molecular weight excluding hydrogens is 332 g/mol. The van der Waals surface area contributed by atoms with Gasteiger partial charge in [0, 0.05) is 0 Å². The number of amidine groups is 1. The lowest BCUT2D eigenvalue weighted by molar-refractivity contribution is 0.449. The number of benzene rings is 2. The number of para-hydroxylation sites is 1. The summed E-state index contributed by atoms with van der Waals surface area (Å²) < 4.78 is 0. The molecular formula is C19H14N4O3. The van der Waals surface area contributed by atoms with E-state index in [9.17, 15) is 15.0 Å². The molecule has 0 atom stereocenters. The molecule has 4 N–H and O–H groups in total. The Labute approximate surface area is 147 Å². The summed E-state index contributed by atoms with van der Waals surface area (Å²) in [5, 5.41) is 34.1. The van der Waals surface area contributed by atoms with Crippen molar-refractivity contribution in [2.45, 2.75) is 0 Å². The molecule has 1 aliphatic rings. The van der Waals surface area contributed by atoms with Gasteiger partial charge < -0.3 is 10.2 Å². The fourth-order valence-corrected chi connectivity index (χ4v) is 2.80. The first-order valence-electron chi connectivity index (χ1n) is 7.83. The highest BCUT2D eigenvalue weighted by Gasteiger charge is 2.26. The fraction of sp³-hybridized carbons (Fsp3) is 0. The van der Waals surface area contributed by atoms with Crippen LogP contribution in [0.25, 0.3) is 6.08 Å². The molecule has 2 heterocycles. The fourth-order valence-electron chi connectivity index (χ4n) is 2.80. The Kier molecular flexibility index (Phi) is 3.54. The number of H-pyrrole nitrogens is 1. The Morgan fingerprint density at radius 3 is 2.42 bits per heavy atom. The zero-order valence-electron chi connectivity index (χ0n) is 13.5. The molecule has 4 rings (SSSR count). The van der Waals surface area contributed by atoms with E-state index in [0.29, 0.717) is 11.3 Å². The number of aromatic hydroxyl groups is 2. The molecule has 0 unspecified atom stereocenters. The van der Waals surface area contributed by atoms with E-state index in [1.165, 1.54) is 17.1 Å². The second-order valence-electron chi connectivity index (χ2n) is 5.77. The number of phenolic OH excluding ortho intramolecular Hbond substituents is 1. The van der Waals surface area contributed by atoms with Gasteiger partial charge in [-0.05, 0) is 35.9 Å². The zero-order chi connectivity index (χ0) is 18.3. The van der Waals surface area contributed by atoms with Crippen LogP contribution in [0.5, 0.6) is 11.6 Å². The quantitative estimate of drug-likeness (QED) is 0.554. The van der Waals surface area contributed by atoms with Crippen molar-refractivity contribution in [3.8, 4) is 11.6 Å². The van der Waals surface area contributed by atoms with Crippen molar-refractivity contribution in [3.63, 3.8) is 0 Å². The highest BCUT2D eigenvalue weighted by Crippen LogP contribution is 2.21. The van der Waals surface area contributed by atoms with Crippen LogP contribution < -0.4 is 21.1 Å².